The van der Waals surface area contributed by atoms with E-state index in [0.717, 1.165) is 0 Å². The minimum atomic E-state index is -5.01. The Morgan fingerprint density at radius 3 is 1.88 bits per heavy atom. The summed E-state index contributed by atoms with van der Waals surface area (Å²) in [5, 5.41) is 0. The molecule has 0 aromatic rings. The van der Waals surface area contributed by atoms with Crippen LogP contribution < -0.4 is 18.5 Å². The first-order valence-electron chi connectivity index (χ1n) is 3.51. The van der Waals surface area contributed by atoms with Crippen molar-refractivity contribution < 1.29 is 32.6 Å². The van der Waals surface area contributed by atoms with E-state index in [-0.39, 0.29) is 25.1 Å². The van der Waals surface area contributed by atoms with E-state index in [1.54, 1.807) is 6.92 Å². The van der Waals surface area contributed by atoms with Crippen molar-refractivity contribution in [3.63, 3.8) is 0 Å². The molecule has 12 heteroatoms. The maximum Gasteiger partial charge on any atom is 0.481 e. The molecule has 108 valence electrons. The third-order valence-corrected chi connectivity index (χ3v) is 3.18. The van der Waals surface area contributed by atoms with Crippen molar-refractivity contribution in [3.8, 4) is 0 Å². The van der Waals surface area contributed by atoms with Crippen LogP contribution in [0.1, 0.15) is 13.3 Å². The predicted molar refractivity (Wildman–Crippen MR) is 63.4 cm³/mol. The van der Waals surface area contributed by atoms with E-state index in [4.69, 9.17) is 14.7 Å². The van der Waals surface area contributed by atoms with Gasteiger partial charge < -0.3 is 33.1 Å². The molecule has 0 aromatic carbocycles. The van der Waals surface area contributed by atoms with Crippen molar-refractivity contribution in [1.82, 2.24) is 18.5 Å². The second-order valence-electron chi connectivity index (χ2n) is 2.58. The molecule has 0 aliphatic heterocycles. The SMILES string of the molecule is C=C(C)CCOP(=O)(O)OP(=O)(O)O.N.N.N. The van der Waals surface area contributed by atoms with Crippen LogP contribution in [-0.2, 0) is 18.0 Å². The molecule has 0 saturated heterocycles. The lowest BCUT2D eigenvalue weighted by atomic mass is 10.3. The van der Waals surface area contributed by atoms with Gasteiger partial charge >= 0.3 is 15.6 Å². The van der Waals surface area contributed by atoms with Gasteiger partial charge in [0.25, 0.3) is 0 Å². The Kier molecular flexibility index (Phi) is 14.9. The highest BCUT2D eigenvalue weighted by atomic mass is 31.3. The fourth-order valence-electron chi connectivity index (χ4n) is 0.493. The van der Waals surface area contributed by atoms with Crippen molar-refractivity contribution in [2.45, 2.75) is 13.3 Å². The normalized spacial score (nSPS) is 13.4. The maximum atomic E-state index is 10.8. The predicted octanol–water partition coefficient (Wildman–Crippen LogP) is 1.66. The van der Waals surface area contributed by atoms with Crippen LogP contribution in [0.15, 0.2) is 12.2 Å². The van der Waals surface area contributed by atoms with E-state index in [0.29, 0.717) is 12.0 Å². The number of phosphoric ester groups is 1. The van der Waals surface area contributed by atoms with Gasteiger partial charge in [0.05, 0.1) is 6.61 Å². The first-order valence-corrected chi connectivity index (χ1v) is 6.53. The summed E-state index contributed by atoms with van der Waals surface area (Å²) >= 11 is 0. The number of hydrogen-bond acceptors (Lipinski definition) is 7. The summed E-state index contributed by atoms with van der Waals surface area (Å²) in [6.07, 6.45) is 0.301. The van der Waals surface area contributed by atoms with E-state index in [2.05, 4.69) is 15.4 Å². The Morgan fingerprint density at radius 1 is 1.18 bits per heavy atom. The molecule has 0 aliphatic carbocycles. The topological polar surface area (TPSA) is 218 Å². The highest BCUT2D eigenvalue weighted by Crippen LogP contribution is 2.57. The van der Waals surface area contributed by atoms with Gasteiger partial charge in [-0.3, -0.25) is 4.52 Å². The van der Waals surface area contributed by atoms with Crippen molar-refractivity contribution in [1.29, 1.82) is 0 Å². The Balaban J connectivity index is -0.000000282. The van der Waals surface area contributed by atoms with Crippen LogP contribution in [0.5, 0.6) is 0 Å². The van der Waals surface area contributed by atoms with Crippen molar-refractivity contribution in [2.75, 3.05) is 6.61 Å². The molecule has 0 heterocycles. The second-order valence-corrected chi connectivity index (χ2v) is 5.41. The molecule has 0 radical (unpaired) electrons. The summed E-state index contributed by atoms with van der Waals surface area (Å²) in [6.45, 7) is 4.99. The zero-order chi connectivity index (χ0) is 11.4. The van der Waals surface area contributed by atoms with Crippen molar-refractivity contribution >= 4 is 15.6 Å². The van der Waals surface area contributed by atoms with Gasteiger partial charge in [0, 0.05) is 0 Å². The molecule has 0 aliphatic rings. The molecule has 0 saturated carbocycles. The third kappa shape index (κ3) is 18.4. The van der Waals surface area contributed by atoms with Crippen LogP contribution in [0.25, 0.3) is 0 Å². The first kappa shape index (κ1) is 25.7. The van der Waals surface area contributed by atoms with Gasteiger partial charge in [-0.1, -0.05) is 5.57 Å². The van der Waals surface area contributed by atoms with Gasteiger partial charge in [-0.2, -0.15) is 4.31 Å². The lowest BCUT2D eigenvalue weighted by Crippen LogP contribution is -1.96. The van der Waals surface area contributed by atoms with E-state index < -0.39 is 15.6 Å². The Labute approximate surface area is 99.6 Å². The van der Waals surface area contributed by atoms with Gasteiger partial charge in [0.1, 0.15) is 0 Å². The second kappa shape index (κ2) is 9.86. The Hall–Kier alpha value is -0.120. The molecule has 0 aromatic heterocycles. The van der Waals surface area contributed by atoms with Gasteiger partial charge in [-0.05, 0) is 13.3 Å². The molecule has 0 fully saturated rings. The zero-order valence-electron chi connectivity index (χ0n) is 9.61. The Morgan fingerprint density at radius 2 is 1.59 bits per heavy atom. The Bertz CT molecular complexity index is 304. The van der Waals surface area contributed by atoms with Gasteiger partial charge in [-0.15, -0.1) is 6.58 Å². The molecule has 10 nitrogen and oxygen atoms in total. The first-order chi connectivity index (χ1) is 6.12. The van der Waals surface area contributed by atoms with E-state index in [9.17, 15) is 9.13 Å². The fourth-order valence-corrected chi connectivity index (χ4v) is 2.08. The van der Waals surface area contributed by atoms with Crippen molar-refractivity contribution in [3.05, 3.63) is 12.2 Å². The maximum absolute atomic E-state index is 10.8. The molecular weight excluding hydrogens is 276 g/mol. The van der Waals surface area contributed by atoms with Gasteiger partial charge in [-0.25, -0.2) is 9.13 Å². The van der Waals surface area contributed by atoms with Crippen LogP contribution in [0.4, 0.5) is 0 Å². The van der Waals surface area contributed by atoms with Crippen molar-refractivity contribution in [2.24, 2.45) is 0 Å². The molecule has 0 rings (SSSR count). The van der Waals surface area contributed by atoms with E-state index in [1.807, 2.05) is 0 Å². The standard InChI is InChI=1S/C5H12O7P2.3H3N/c1-5(2)3-4-11-14(9,10)12-13(6,7)8;;;/h1,3-4H2,2H3,(H,9,10)(H2,6,7,8);3*1H3. The molecule has 1 atom stereocenters. The van der Waals surface area contributed by atoms with Crippen LogP contribution >= 0.6 is 15.6 Å². The summed E-state index contributed by atoms with van der Waals surface area (Å²) in [5.41, 5.74) is 0.709. The minimum Gasteiger partial charge on any atom is -0.344 e. The highest BCUT2D eigenvalue weighted by Gasteiger charge is 2.31. The average molecular weight is 297 g/mol. The molecule has 0 spiro atoms. The van der Waals surface area contributed by atoms with Gasteiger partial charge in [0.15, 0.2) is 0 Å². The number of hydrogen-bond donors (Lipinski definition) is 6. The third-order valence-electron chi connectivity index (χ3n) is 0.993. The molecule has 12 N–H and O–H groups in total. The summed E-state index contributed by atoms with van der Waals surface area (Å²) in [7, 11) is -9.69. The van der Waals surface area contributed by atoms with Crippen LogP contribution in [0, 0.1) is 0 Å². The van der Waals surface area contributed by atoms with E-state index in [1.165, 1.54) is 0 Å². The van der Waals surface area contributed by atoms with Crippen LogP contribution in [-0.4, -0.2) is 21.3 Å². The summed E-state index contributed by atoms with van der Waals surface area (Å²) in [4.78, 5) is 25.2. The summed E-state index contributed by atoms with van der Waals surface area (Å²) in [5.74, 6) is 0. The molecule has 0 amide bonds. The van der Waals surface area contributed by atoms with Crippen LogP contribution in [0.2, 0.25) is 0 Å². The molecule has 1 unspecified atom stereocenters. The quantitative estimate of drug-likeness (QED) is 0.307. The van der Waals surface area contributed by atoms with Gasteiger partial charge in [0.2, 0.25) is 0 Å². The average Bonchev–Trinajstić information content (AvgIpc) is 1.78. The largest absolute Gasteiger partial charge is 0.481 e. The minimum absolute atomic E-state index is 0. The summed E-state index contributed by atoms with van der Waals surface area (Å²) < 4.78 is 28.8. The lowest BCUT2D eigenvalue weighted by Gasteiger charge is -2.11. The van der Waals surface area contributed by atoms with Crippen LogP contribution in [0.3, 0.4) is 0 Å². The van der Waals surface area contributed by atoms with E-state index >= 15 is 0 Å². The molecular formula is C5H21N3O7P2. The monoisotopic (exact) mass is 297 g/mol. The number of phosphoric acid groups is 2. The summed E-state index contributed by atoms with van der Waals surface area (Å²) in [6, 6.07) is 0. The number of rotatable bonds is 6. The lowest BCUT2D eigenvalue weighted by molar-refractivity contribution is 0.180. The molecule has 17 heavy (non-hydrogen) atoms. The smallest absolute Gasteiger partial charge is 0.344 e. The molecule has 0 bridgehead atoms. The highest BCUT2D eigenvalue weighted by molar-refractivity contribution is 7.60. The zero-order valence-corrected chi connectivity index (χ0v) is 11.4. The fraction of sp³-hybridized carbons (Fsp3) is 0.600.